The van der Waals surface area contributed by atoms with Crippen LogP contribution in [0.3, 0.4) is 0 Å². The molecule has 2 aromatic carbocycles. The SMILES string of the molecule is CN(CC(=O)Nc1cccc(C(=O)NC2CC2)c1)C[C@@H]1COc2ccccc2O1. The van der Waals surface area contributed by atoms with Crippen LogP contribution < -0.4 is 20.1 Å². The molecule has 0 unspecified atom stereocenters. The number of fused-ring (bicyclic) bond motifs is 1. The van der Waals surface area contributed by atoms with Crippen molar-refractivity contribution in [3.05, 3.63) is 54.1 Å². The van der Waals surface area contributed by atoms with Gasteiger partial charge in [-0.25, -0.2) is 0 Å². The highest BCUT2D eigenvalue weighted by Crippen LogP contribution is 2.30. The summed E-state index contributed by atoms with van der Waals surface area (Å²) in [6, 6.07) is 14.9. The molecule has 0 spiro atoms. The standard InChI is InChI=1S/C22H25N3O4/c1-25(12-18-14-28-19-7-2-3-8-20(19)29-18)13-21(26)23-17-6-4-5-15(11-17)22(27)24-16-9-10-16/h2-8,11,16,18H,9-10,12-14H2,1H3,(H,23,26)(H,24,27)/t18-/m1/s1. The molecule has 0 saturated heterocycles. The average molecular weight is 395 g/mol. The van der Waals surface area contributed by atoms with Gasteiger partial charge in [-0.2, -0.15) is 0 Å². The first kappa shape index (κ1) is 19.3. The Morgan fingerprint density at radius 1 is 1.10 bits per heavy atom. The van der Waals surface area contributed by atoms with Crippen LogP contribution in [-0.4, -0.2) is 55.6 Å². The lowest BCUT2D eigenvalue weighted by molar-refractivity contribution is -0.117. The molecule has 1 aliphatic carbocycles. The van der Waals surface area contributed by atoms with Gasteiger partial charge in [-0.1, -0.05) is 18.2 Å². The average Bonchev–Trinajstić information content (AvgIpc) is 3.52. The Bertz CT molecular complexity index is 897. The second-order valence-electron chi connectivity index (χ2n) is 7.57. The summed E-state index contributed by atoms with van der Waals surface area (Å²) in [6.45, 7) is 1.21. The van der Waals surface area contributed by atoms with E-state index in [1.807, 2.05) is 36.2 Å². The van der Waals surface area contributed by atoms with Crippen LogP contribution in [0, 0.1) is 0 Å². The smallest absolute Gasteiger partial charge is 0.251 e. The molecule has 4 rings (SSSR count). The minimum Gasteiger partial charge on any atom is -0.486 e. The molecule has 29 heavy (non-hydrogen) atoms. The summed E-state index contributed by atoms with van der Waals surface area (Å²) >= 11 is 0. The number of carbonyl (C=O) groups excluding carboxylic acids is 2. The number of para-hydroxylation sites is 2. The fraction of sp³-hybridized carbons (Fsp3) is 0.364. The molecule has 2 aromatic rings. The summed E-state index contributed by atoms with van der Waals surface area (Å²) in [4.78, 5) is 26.5. The lowest BCUT2D eigenvalue weighted by atomic mass is 10.2. The first-order valence-corrected chi connectivity index (χ1v) is 9.84. The molecular weight excluding hydrogens is 370 g/mol. The van der Waals surface area contributed by atoms with Gasteiger partial charge in [-0.05, 0) is 50.2 Å². The highest BCUT2D eigenvalue weighted by atomic mass is 16.6. The van der Waals surface area contributed by atoms with Crippen molar-refractivity contribution in [1.82, 2.24) is 10.2 Å². The Morgan fingerprint density at radius 2 is 1.90 bits per heavy atom. The third-order valence-electron chi connectivity index (χ3n) is 4.82. The van der Waals surface area contributed by atoms with Gasteiger partial charge in [0.25, 0.3) is 5.91 Å². The van der Waals surface area contributed by atoms with Gasteiger partial charge in [0.15, 0.2) is 11.5 Å². The van der Waals surface area contributed by atoms with Crippen LogP contribution in [0.15, 0.2) is 48.5 Å². The van der Waals surface area contributed by atoms with Gasteiger partial charge in [0.05, 0.1) is 6.54 Å². The molecule has 7 nitrogen and oxygen atoms in total. The molecule has 1 heterocycles. The molecule has 152 valence electrons. The molecule has 0 bridgehead atoms. The van der Waals surface area contributed by atoms with E-state index in [2.05, 4.69) is 10.6 Å². The van der Waals surface area contributed by atoms with Gasteiger partial charge in [-0.15, -0.1) is 0 Å². The summed E-state index contributed by atoms with van der Waals surface area (Å²) in [5.41, 5.74) is 1.16. The van der Waals surface area contributed by atoms with E-state index < -0.39 is 0 Å². The maximum absolute atomic E-state index is 12.4. The summed E-state index contributed by atoms with van der Waals surface area (Å²) < 4.78 is 11.7. The molecule has 1 fully saturated rings. The Kier molecular flexibility index (Phi) is 5.67. The van der Waals surface area contributed by atoms with Crippen molar-refractivity contribution in [3.63, 3.8) is 0 Å². The number of hydrogen-bond donors (Lipinski definition) is 2. The van der Waals surface area contributed by atoms with Crippen molar-refractivity contribution in [1.29, 1.82) is 0 Å². The molecule has 2 aliphatic rings. The van der Waals surface area contributed by atoms with Gasteiger partial charge in [0, 0.05) is 23.8 Å². The Balaban J connectivity index is 1.26. The number of likely N-dealkylation sites (N-methyl/N-ethyl adjacent to an activating group) is 1. The number of amides is 2. The topological polar surface area (TPSA) is 79.9 Å². The van der Waals surface area contributed by atoms with E-state index in [1.165, 1.54) is 0 Å². The third-order valence-corrected chi connectivity index (χ3v) is 4.82. The van der Waals surface area contributed by atoms with E-state index in [9.17, 15) is 9.59 Å². The van der Waals surface area contributed by atoms with Crippen molar-refractivity contribution < 1.29 is 19.1 Å². The normalized spacial score (nSPS) is 17.7. The van der Waals surface area contributed by atoms with E-state index in [-0.39, 0.29) is 24.5 Å². The van der Waals surface area contributed by atoms with E-state index in [1.54, 1.807) is 24.3 Å². The second kappa shape index (κ2) is 8.53. The van der Waals surface area contributed by atoms with E-state index in [0.717, 1.165) is 24.3 Å². The second-order valence-corrected chi connectivity index (χ2v) is 7.57. The predicted molar refractivity (Wildman–Crippen MR) is 109 cm³/mol. The Labute approximate surface area is 170 Å². The highest BCUT2D eigenvalue weighted by molar-refractivity contribution is 5.97. The lowest BCUT2D eigenvalue weighted by Crippen LogP contribution is -2.42. The van der Waals surface area contributed by atoms with Gasteiger partial charge in [0.1, 0.15) is 12.7 Å². The minimum absolute atomic E-state index is 0.101. The largest absolute Gasteiger partial charge is 0.486 e. The van der Waals surface area contributed by atoms with E-state index in [0.29, 0.717) is 30.4 Å². The molecule has 7 heteroatoms. The maximum Gasteiger partial charge on any atom is 0.251 e. The van der Waals surface area contributed by atoms with Crippen LogP contribution in [-0.2, 0) is 4.79 Å². The molecule has 2 amide bonds. The van der Waals surface area contributed by atoms with Crippen LogP contribution in [0.2, 0.25) is 0 Å². The molecule has 2 N–H and O–H groups in total. The van der Waals surface area contributed by atoms with E-state index in [4.69, 9.17) is 9.47 Å². The van der Waals surface area contributed by atoms with Crippen LogP contribution in [0.5, 0.6) is 11.5 Å². The van der Waals surface area contributed by atoms with Crippen molar-refractivity contribution in [2.75, 3.05) is 32.1 Å². The number of nitrogens with one attached hydrogen (secondary N) is 2. The van der Waals surface area contributed by atoms with E-state index >= 15 is 0 Å². The van der Waals surface area contributed by atoms with Crippen molar-refractivity contribution in [3.8, 4) is 11.5 Å². The van der Waals surface area contributed by atoms with Crippen LogP contribution >= 0.6 is 0 Å². The number of rotatable bonds is 7. The van der Waals surface area contributed by atoms with Crippen LogP contribution in [0.1, 0.15) is 23.2 Å². The number of carbonyl (C=O) groups is 2. The first-order valence-electron chi connectivity index (χ1n) is 9.84. The number of hydrogen-bond acceptors (Lipinski definition) is 5. The fourth-order valence-corrected chi connectivity index (χ4v) is 3.25. The Morgan fingerprint density at radius 3 is 2.69 bits per heavy atom. The Hall–Kier alpha value is -3.06. The molecule has 1 atom stereocenters. The lowest BCUT2D eigenvalue weighted by Gasteiger charge is -2.29. The molecule has 1 saturated carbocycles. The fourth-order valence-electron chi connectivity index (χ4n) is 3.25. The first-order chi connectivity index (χ1) is 14.1. The predicted octanol–water partition coefficient (Wildman–Crippen LogP) is 2.29. The third kappa shape index (κ3) is 5.26. The summed E-state index contributed by atoms with van der Waals surface area (Å²) in [6.07, 6.45) is 1.93. The van der Waals surface area contributed by atoms with Crippen molar-refractivity contribution in [2.45, 2.75) is 25.0 Å². The number of benzene rings is 2. The zero-order valence-electron chi connectivity index (χ0n) is 16.4. The zero-order valence-corrected chi connectivity index (χ0v) is 16.4. The quantitative estimate of drug-likeness (QED) is 0.752. The van der Waals surface area contributed by atoms with Crippen molar-refractivity contribution >= 4 is 17.5 Å². The number of nitrogens with zero attached hydrogens (tertiary/aromatic N) is 1. The van der Waals surface area contributed by atoms with Crippen molar-refractivity contribution in [2.24, 2.45) is 0 Å². The summed E-state index contributed by atoms with van der Waals surface area (Å²) in [5.74, 6) is 1.22. The summed E-state index contributed by atoms with van der Waals surface area (Å²) in [5, 5.41) is 5.81. The highest BCUT2D eigenvalue weighted by Gasteiger charge is 2.24. The van der Waals surface area contributed by atoms with Crippen LogP contribution in [0.25, 0.3) is 0 Å². The zero-order chi connectivity index (χ0) is 20.2. The molecular formula is C22H25N3O4. The number of ether oxygens (including phenoxy) is 2. The van der Waals surface area contributed by atoms with Gasteiger partial charge >= 0.3 is 0 Å². The summed E-state index contributed by atoms with van der Waals surface area (Å²) in [7, 11) is 1.86. The molecule has 1 aliphatic heterocycles. The minimum atomic E-state index is -0.149. The monoisotopic (exact) mass is 395 g/mol. The van der Waals surface area contributed by atoms with Gasteiger partial charge < -0.3 is 20.1 Å². The van der Waals surface area contributed by atoms with Gasteiger partial charge in [-0.3, -0.25) is 14.5 Å². The number of anilines is 1. The molecule has 0 aromatic heterocycles. The van der Waals surface area contributed by atoms with Crippen LogP contribution in [0.4, 0.5) is 5.69 Å². The molecule has 0 radical (unpaired) electrons. The van der Waals surface area contributed by atoms with Gasteiger partial charge in [0.2, 0.25) is 5.91 Å². The maximum atomic E-state index is 12.4.